The number of aromatic amines is 1. The van der Waals surface area contributed by atoms with Gasteiger partial charge in [0.15, 0.2) is 17.6 Å². The van der Waals surface area contributed by atoms with E-state index in [1.54, 1.807) is 25.1 Å². The fourth-order valence-corrected chi connectivity index (χ4v) is 2.30. The van der Waals surface area contributed by atoms with Crippen LogP contribution >= 0.6 is 11.6 Å². The Kier molecular flexibility index (Phi) is 4.48. The van der Waals surface area contributed by atoms with Crippen molar-refractivity contribution in [2.45, 2.75) is 20.0 Å². The van der Waals surface area contributed by atoms with Gasteiger partial charge in [0.25, 0.3) is 5.91 Å². The molecule has 3 rings (SSSR count). The Labute approximate surface area is 142 Å². The van der Waals surface area contributed by atoms with E-state index in [0.29, 0.717) is 27.8 Å². The molecule has 1 aromatic carbocycles. The summed E-state index contributed by atoms with van der Waals surface area (Å²) in [4.78, 5) is 27.1. The van der Waals surface area contributed by atoms with Crippen LogP contribution in [-0.4, -0.2) is 31.9 Å². The molecule has 3 N–H and O–H groups in total. The predicted octanol–water partition coefficient (Wildman–Crippen LogP) is 2.23. The zero-order chi connectivity index (χ0) is 17.1. The molecule has 1 amide bonds. The van der Waals surface area contributed by atoms with Gasteiger partial charge in [-0.1, -0.05) is 11.6 Å². The van der Waals surface area contributed by atoms with Gasteiger partial charge in [-0.25, -0.2) is 15.0 Å². The largest absolute Gasteiger partial charge is 0.481 e. The first-order valence-corrected chi connectivity index (χ1v) is 7.55. The van der Waals surface area contributed by atoms with Crippen molar-refractivity contribution < 1.29 is 9.53 Å². The monoisotopic (exact) mass is 346 g/mol. The van der Waals surface area contributed by atoms with E-state index in [9.17, 15) is 4.79 Å². The number of imidazole rings is 1. The molecule has 0 spiro atoms. The molecule has 2 aromatic heterocycles. The molecule has 0 unspecified atom stereocenters. The zero-order valence-electron chi connectivity index (χ0n) is 13.0. The van der Waals surface area contributed by atoms with E-state index >= 15 is 0 Å². The number of aromatic nitrogens is 4. The molecular weight excluding hydrogens is 332 g/mol. The fraction of sp³-hybridized carbons (Fsp3) is 0.200. The molecule has 0 saturated heterocycles. The van der Waals surface area contributed by atoms with Crippen LogP contribution < -0.4 is 15.6 Å². The summed E-state index contributed by atoms with van der Waals surface area (Å²) in [6, 6.07) is 5.21. The molecule has 8 nitrogen and oxygen atoms in total. The third kappa shape index (κ3) is 3.38. The van der Waals surface area contributed by atoms with Gasteiger partial charge in [-0.3, -0.25) is 15.6 Å². The smallest absolute Gasteiger partial charge is 0.279 e. The van der Waals surface area contributed by atoms with Crippen molar-refractivity contribution in [1.29, 1.82) is 0 Å². The lowest BCUT2D eigenvalue weighted by molar-refractivity contribution is -0.126. The second-order valence-electron chi connectivity index (χ2n) is 5.11. The van der Waals surface area contributed by atoms with Gasteiger partial charge in [0.1, 0.15) is 17.6 Å². The molecule has 0 saturated carbocycles. The summed E-state index contributed by atoms with van der Waals surface area (Å²) >= 11 is 5.91. The molecule has 124 valence electrons. The number of hydrogen-bond donors (Lipinski definition) is 3. The summed E-state index contributed by atoms with van der Waals surface area (Å²) in [5.41, 5.74) is 7.25. The summed E-state index contributed by atoms with van der Waals surface area (Å²) in [7, 11) is 0. The second-order valence-corrected chi connectivity index (χ2v) is 5.54. The molecule has 0 aliphatic rings. The molecule has 0 radical (unpaired) electrons. The van der Waals surface area contributed by atoms with E-state index in [2.05, 4.69) is 30.8 Å². The summed E-state index contributed by atoms with van der Waals surface area (Å²) in [6.45, 7) is 3.51. The Morgan fingerprint density at radius 2 is 2.17 bits per heavy atom. The summed E-state index contributed by atoms with van der Waals surface area (Å²) in [5.74, 6) is 0.663. The van der Waals surface area contributed by atoms with Gasteiger partial charge in [0, 0.05) is 5.02 Å². The van der Waals surface area contributed by atoms with Crippen molar-refractivity contribution in [1.82, 2.24) is 25.4 Å². The van der Waals surface area contributed by atoms with Gasteiger partial charge >= 0.3 is 0 Å². The van der Waals surface area contributed by atoms with Crippen LogP contribution in [0.3, 0.4) is 0 Å². The number of amides is 1. The number of carbonyl (C=O) groups excluding carboxylic acids is 1. The fourth-order valence-electron chi connectivity index (χ4n) is 2.07. The Bertz CT molecular complexity index is 881. The molecule has 0 aliphatic carbocycles. The topological polar surface area (TPSA) is 105 Å². The SMILES string of the molecule is Cc1cc(Cl)ccc1O[C@@H](C)C(=O)NNc1ncnc2nc[nH]c12. The maximum absolute atomic E-state index is 12.2. The number of halogens is 1. The third-order valence-corrected chi connectivity index (χ3v) is 3.57. The van der Waals surface area contributed by atoms with Crippen molar-refractivity contribution in [3.05, 3.63) is 41.4 Å². The van der Waals surface area contributed by atoms with Crippen LogP contribution in [0.15, 0.2) is 30.9 Å². The Balaban J connectivity index is 1.63. The first-order valence-electron chi connectivity index (χ1n) is 7.17. The van der Waals surface area contributed by atoms with E-state index < -0.39 is 6.10 Å². The number of anilines is 1. The Hall–Kier alpha value is -2.87. The first kappa shape index (κ1) is 16.0. The van der Waals surface area contributed by atoms with Crippen LogP contribution in [0.2, 0.25) is 5.02 Å². The number of nitrogens with zero attached hydrogens (tertiary/aromatic N) is 3. The van der Waals surface area contributed by atoms with Crippen LogP contribution in [0.1, 0.15) is 12.5 Å². The lowest BCUT2D eigenvalue weighted by Gasteiger charge is -2.17. The first-order chi connectivity index (χ1) is 11.5. The van der Waals surface area contributed by atoms with E-state index in [1.807, 2.05) is 6.92 Å². The summed E-state index contributed by atoms with van der Waals surface area (Å²) in [6.07, 6.45) is 2.15. The third-order valence-electron chi connectivity index (χ3n) is 3.34. The van der Waals surface area contributed by atoms with E-state index in [-0.39, 0.29) is 5.91 Å². The average Bonchev–Trinajstić information content (AvgIpc) is 3.04. The number of nitrogens with one attached hydrogen (secondary N) is 3. The van der Waals surface area contributed by atoms with Gasteiger partial charge in [-0.15, -0.1) is 0 Å². The van der Waals surface area contributed by atoms with E-state index in [1.165, 1.54) is 12.7 Å². The number of benzene rings is 1. The quantitative estimate of drug-likeness (QED) is 0.612. The lowest BCUT2D eigenvalue weighted by atomic mass is 10.2. The van der Waals surface area contributed by atoms with Crippen LogP contribution in [0.4, 0.5) is 5.82 Å². The molecule has 2 heterocycles. The highest BCUT2D eigenvalue weighted by Gasteiger charge is 2.16. The van der Waals surface area contributed by atoms with E-state index in [4.69, 9.17) is 16.3 Å². The van der Waals surface area contributed by atoms with Crippen molar-refractivity contribution >= 4 is 34.5 Å². The van der Waals surface area contributed by atoms with Gasteiger partial charge in [-0.2, -0.15) is 0 Å². The van der Waals surface area contributed by atoms with Crippen LogP contribution in [0.5, 0.6) is 5.75 Å². The molecule has 9 heteroatoms. The zero-order valence-corrected chi connectivity index (χ0v) is 13.8. The number of aryl methyl sites for hydroxylation is 1. The highest BCUT2D eigenvalue weighted by atomic mass is 35.5. The van der Waals surface area contributed by atoms with Crippen molar-refractivity contribution in [3.63, 3.8) is 0 Å². The molecule has 0 bridgehead atoms. The number of H-pyrrole nitrogens is 1. The number of hydrazine groups is 1. The number of rotatable bonds is 5. The van der Waals surface area contributed by atoms with Gasteiger partial charge < -0.3 is 9.72 Å². The maximum Gasteiger partial charge on any atom is 0.279 e. The minimum atomic E-state index is -0.712. The minimum Gasteiger partial charge on any atom is -0.481 e. The van der Waals surface area contributed by atoms with Crippen LogP contribution in [0, 0.1) is 6.92 Å². The maximum atomic E-state index is 12.2. The number of carbonyl (C=O) groups is 1. The van der Waals surface area contributed by atoms with Gasteiger partial charge in [0.2, 0.25) is 0 Å². The summed E-state index contributed by atoms with van der Waals surface area (Å²) < 4.78 is 5.66. The Morgan fingerprint density at radius 1 is 1.33 bits per heavy atom. The second kappa shape index (κ2) is 6.71. The highest BCUT2D eigenvalue weighted by Crippen LogP contribution is 2.22. The van der Waals surface area contributed by atoms with Gasteiger partial charge in [0.05, 0.1) is 6.33 Å². The highest BCUT2D eigenvalue weighted by molar-refractivity contribution is 6.30. The molecule has 1 atom stereocenters. The number of ether oxygens (including phenoxy) is 1. The average molecular weight is 347 g/mol. The van der Waals surface area contributed by atoms with Crippen LogP contribution in [-0.2, 0) is 4.79 Å². The summed E-state index contributed by atoms with van der Waals surface area (Å²) in [5, 5.41) is 0.617. The van der Waals surface area contributed by atoms with Crippen LogP contribution in [0.25, 0.3) is 11.2 Å². The number of hydrogen-bond acceptors (Lipinski definition) is 6. The Morgan fingerprint density at radius 3 is 2.96 bits per heavy atom. The van der Waals surface area contributed by atoms with Crippen molar-refractivity contribution in [2.24, 2.45) is 0 Å². The minimum absolute atomic E-state index is 0.351. The molecular formula is C15H15ClN6O2. The predicted molar refractivity (Wildman–Crippen MR) is 89.7 cm³/mol. The van der Waals surface area contributed by atoms with E-state index in [0.717, 1.165) is 5.56 Å². The molecule has 0 aliphatic heterocycles. The standard InChI is InChI=1S/C15H15ClN6O2/c1-8-5-10(16)3-4-11(8)24-9(2)15(23)22-21-14-12-13(18-6-17-12)19-7-20-14/h3-7,9H,1-2H3,(H,22,23)(H2,17,18,19,20,21)/t9-/m0/s1. The molecule has 24 heavy (non-hydrogen) atoms. The van der Waals surface area contributed by atoms with Crippen molar-refractivity contribution in [2.75, 3.05) is 5.43 Å². The normalized spacial score (nSPS) is 12.0. The van der Waals surface area contributed by atoms with Gasteiger partial charge in [-0.05, 0) is 37.6 Å². The molecule has 3 aromatic rings. The number of fused-ring (bicyclic) bond motifs is 1. The lowest BCUT2D eigenvalue weighted by Crippen LogP contribution is -2.40. The van der Waals surface area contributed by atoms with Crippen molar-refractivity contribution in [3.8, 4) is 5.75 Å². The molecule has 0 fully saturated rings.